The molecule has 4 rings (SSSR count). The number of aryl methyl sites for hydroxylation is 1. The monoisotopic (exact) mass is 437 g/mol. The molecule has 3 aromatic heterocycles. The summed E-state index contributed by atoms with van der Waals surface area (Å²) in [5, 5.41) is 2.34. The summed E-state index contributed by atoms with van der Waals surface area (Å²) in [6.45, 7) is 6.37. The molecule has 0 atom stereocenters. The summed E-state index contributed by atoms with van der Waals surface area (Å²) in [4.78, 5) is 44.4. The average molecular weight is 438 g/mol. The number of ether oxygens (including phenoxy) is 1. The second kappa shape index (κ2) is 8.39. The van der Waals surface area contributed by atoms with Gasteiger partial charge in [0, 0.05) is 28.9 Å². The topological polar surface area (TPSA) is 96.9 Å². The lowest BCUT2D eigenvalue weighted by molar-refractivity contribution is 0.267. The van der Waals surface area contributed by atoms with Gasteiger partial charge in [-0.2, -0.15) is 0 Å². The lowest BCUT2D eigenvalue weighted by atomic mass is 10.1. The lowest BCUT2D eigenvalue weighted by Gasteiger charge is -2.09. The van der Waals surface area contributed by atoms with Crippen LogP contribution in [-0.2, 0) is 6.54 Å². The van der Waals surface area contributed by atoms with Gasteiger partial charge in [-0.15, -0.1) is 11.3 Å². The Morgan fingerprint density at radius 3 is 2.55 bits per heavy atom. The normalized spacial score (nSPS) is 11.4. The third kappa shape index (κ3) is 4.25. The summed E-state index contributed by atoms with van der Waals surface area (Å²) in [5.74, 6) is 0.505. The number of thiophene rings is 1. The third-order valence-corrected chi connectivity index (χ3v) is 5.81. The molecular formula is C23H23N3O4S. The Morgan fingerprint density at radius 2 is 1.87 bits per heavy atom. The number of fused-ring (bicyclic) bond motifs is 1. The van der Waals surface area contributed by atoms with Crippen molar-refractivity contribution in [2.45, 2.75) is 27.3 Å². The fourth-order valence-corrected chi connectivity index (χ4v) is 4.23. The first-order valence-electron chi connectivity index (χ1n) is 9.99. The van der Waals surface area contributed by atoms with Crippen LogP contribution < -0.4 is 21.4 Å². The SMILES string of the molecule is Cc1ccc(-c2csc3[nH]c(=O)n(Cc4cc(=O)c(OCC(C)C)c[nH]4)c(=O)c23)cc1. The van der Waals surface area contributed by atoms with Crippen LogP contribution in [0.25, 0.3) is 21.3 Å². The van der Waals surface area contributed by atoms with Crippen LogP contribution in [0, 0.1) is 12.8 Å². The molecule has 0 saturated carbocycles. The molecule has 0 aliphatic carbocycles. The lowest BCUT2D eigenvalue weighted by Crippen LogP contribution is -2.35. The molecule has 0 aliphatic heterocycles. The third-order valence-electron chi connectivity index (χ3n) is 4.92. The molecule has 0 unspecified atom stereocenters. The highest BCUT2D eigenvalue weighted by Crippen LogP contribution is 2.30. The number of benzene rings is 1. The fourth-order valence-electron chi connectivity index (χ4n) is 3.27. The van der Waals surface area contributed by atoms with Gasteiger partial charge >= 0.3 is 5.69 Å². The highest BCUT2D eigenvalue weighted by atomic mass is 32.1. The zero-order valence-electron chi connectivity index (χ0n) is 17.5. The van der Waals surface area contributed by atoms with Crippen molar-refractivity contribution in [1.82, 2.24) is 14.5 Å². The van der Waals surface area contributed by atoms with E-state index in [4.69, 9.17) is 4.74 Å². The standard InChI is InChI=1S/C23H23N3O4S/c1-13(2)11-30-19-9-24-16(8-18(19)27)10-26-22(28)20-17(12-31-21(20)25-23(26)29)15-6-4-14(3)5-7-15/h4-9,12-13H,10-11H2,1-3H3,(H,24,27)(H,25,29). The van der Waals surface area contributed by atoms with Crippen molar-refractivity contribution in [3.8, 4) is 16.9 Å². The Balaban J connectivity index is 1.73. The van der Waals surface area contributed by atoms with Gasteiger partial charge in [0.1, 0.15) is 4.83 Å². The minimum Gasteiger partial charge on any atom is -0.488 e. The minimum atomic E-state index is -0.518. The molecule has 8 heteroatoms. The molecule has 0 bridgehead atoms. The van der Waals surface area contributed by atoms with Gasteiger partial charge in [0.05, 0.1) is 18.5 Å². The molecule has 0 amide bonds. The summed E-state index contributed by atoms with van der Waals surface area (Å²) >= 11 is 1.33. The van der Waals surface area contributed by atoms with Gasteiger partial charge in [0.2, 0.25) is 5.43 Å². The van der Waals surface area contributed by atoms with Gasteiger partial charge in [0.25, 0.3) is 5.56 Å². The predicted octanol–water partition coefficient (Wildman–Crippen LogP) is 3.50. The van der Waals surface area contributed by atoms with Crippen LogP contribution in [0.15, 0.2) is 56.3 Å². The van der Waals surface area contributed by atoms with Crippen molar-refractivity contribution in [2.24, 2.45) is 5.92 Å². The zero-order valence-corrected chi connectivity index (χ0v) is 18.3. The van der Waals surface area contributed by atoms with E-state index >= 15 is 0 Å². The first-order chi connectivity index (χ1) is 14.8. The van der Waals surface area contributed by atoms with Crippen molar-refractivity contribution < 1.29 is 4.74 Å². The molecule has 31 heavy (non-hydrogen) atoms. The van der Waals surface area contributed by atoms with Crippen molar-refractivity contribution in [1.29, 1.82) is 0 Å². The second-order valence-electron chi connectivity index (χ2n) is 7.93. The van der Waals surface area contributed by atoms with Gasteiger partial charge < -0.3 is 9.72 Å². The molecule has 0 spiro atoms. The van der Waals surface area contributed by atoms with Crippen LogP contribution in [-0.4, -0.2) is 21.1 Å². The van der Waals surface area contributed by atoms with E-state index in [9.17, 15) is 14.4 Å². The van der Waals surface area contributed by atoms with Crippen LogP contribution >= 0.6 is 11.3 Å². The molecule has 4 aromatic rings. The Labute approximate surface area is 182 Å². The molecule has 2 N–H and O–H groups in total. The van der Waals surface area contributed by atoms with Gasteiger partial charge in [-0.3, -0.25) is 19.1 Å². The largest absolute Gasteiger partial charge is 0.488 e. The number of aromatic nitrogens is 3. The van der Waals surface area contributed by atoms with Crippen molar-refractivity contribution >= 4 is 21.6 Å². The van der Waals surface area contributed by atoms with Crippen molar-refractivity contribution in [3.63, 3.8) is 0 Å². The van der Waals surface area contributed by atoms with E-state index in [-0.39, 0.29) is 23.6 Å². The smallest absolute Gasteiger partial charge is 0.329 e. The van der Waals surface area contributed by atoms with Crippen LogP contribution in [0.4, 0.5) is 0 Å². The Hall–Kier alpha value is -3.39. The number of hydrogen-bond acceptors (Lipinski definition) is 5. The predicted molar refractivity (Wildman–Crippen MR) is 123 cm³/mol. The summed E-state index contributed by atoms with van der Waals surface area (Å²) in [6.07, 6.45) is 1.47. The number of rotatable bonds is 6. The molecule has 7 nitrogen and oxygen atoms in total. The highest BCUT2D eigenvalue weighted by Gasteiger charge is 2.16. The van der Waals surface area contributed by atoms with Gasteiger partial charge in [-0.25, -0.2) is 4.79 Å². The van der Waals surface area contributed by atoms with E-state index < -0.39 is 11.2 Å². The average Bonchev–Trinajstić information content (AvgIpc) is 3.14. The van der Waals surface area contributed by atoms with E-state index in [0.29, 0.717) is 22.5 Å². The molecule has 0 radical (unpaired) electrons. The van der Waals surface area contributed by atoms with E-state index in [1.807, 2.05) is 50.4 Å². The van der Waals surface area contributed by atoms with E-state index in [2.05, 4.69) is 9.97 Å². The number of nitrogens with zero attached hydrogens (tertiary/aromatic N) is 1. The second-order valence-corrected chi connectivity index (χ2v) is 8.81. The molecule has 0 saturated heterocycles. The Morgan fingerprint density at radius 1 is 1.13 bits per heavy atom. The number of H-pyrrole nitrogens is 2. The van der Waals surface area contributed by atoms with E-state index in [0.717, 1.165) is 21.3 Å². The van der Waals surface area contributed by atoms with Crippen LogP contribution in [0.3, 0.4) is 0 Å². The first-order valence-corrected chi connectivity index (χ1v) is 10.9. The van der Waals surface area contributed by atoms with Crippen molar-refractivity contribution in [3.05, 3.63) is 84.2 Å². The molecule has 1 aromatic carbocycles. The summed E-state index contributed by atoms with van der Waals surface area (Å²) in [5.41, 5.74) is 2.05. The maximum Gasteiger partial charge on any atom is 0.329 e. The molecule has 0 aliphatic rings. The van der Waals surface area contributed by atoms with Crippen LogP contribution in [0.1, 0.15) is 25.1 Å². The molecule has 0 fully saturated rings. The van der Waals surface area contributed by atoms with Crippen molar-refractivity contribution in [2.75, 3.05) is 6.61 Å². The number of hydrogen-bond donors (Lipinski definition) is 2. The maximum atomic E-state index is 13.2. The highest BCUT2D eigenvalue weighted by molar-refractivity contribution is 7.17. The van der Waals surface area contributed by atoms with E-state index in [1.54, 1.807) is 0 Å². The van der Waals surface area contributed by atoms with Gasteiger partial charge in [0.15, 0.2) is 5.75 Å². The van der Waals surface area contributed by atoms with E-state index in [1.165, 1.54) is 23.6 Å². The molecule has 3 heterocycles. The fraction of sp³-hybridized carbons (Fsp3) is 0.261. The van der Waals surface area contributed by atoms with Crippen LogP contribution in [0.5, 0.6) is 5.75 Å². The Bertz CT molecular complexity index is 1410. The zero-order chi connectivity index (χ0) is 22.1. The summed E-state index contributed by atoms with van der Waals surface area (Å²) in [6, 6.07) is 9.24. The Kier molecular flexibility index (Phi) is 5.65. The van der Waals surface area contributed by atoms with Gasteiger partial charge in [-0.1, -0.05) is 43.7 Å². The first kappa shape index (κ1) is 20.9. The summed E-state index contributed by atoms with van der Waals surface area (Å²) in [7, 11) is 0. The summed E-state index contributed by atoms with van der Waals surface area (Å²) < 4.78 is 6.60. The maximum absolute atomic E-state index is 13.2. The number of aromatic amines is 2. The molecule has 160 valence electrons. The van der Waals surface area contributed by atoms with Gasteiger partial charge in [-0.05, 0) is 18.4 Å². The molecular weight excluding hydrogens is 414 g/mol. The number of nitrogens with one attached hydrogen (secondary N) is 2. The minimum absolute atomic E-state index is 0.0486. The number of pyridine rings is 1. The van der Waals surface area contributed by atoms with Crippen LogP contribution in [0.2, 0.25) is 0 Å². The quantitative estimate of drug-likeness (QED) is 0.482.